The average molecular weight is 391 g/mol. The molecule has 0 aliphatic rings. The van der Waals surface area contributed by atoms with Crippen LogP contribution in [0.25, 0.3) is 0 Å². The number of rotatable bonds is 5. The van der Waals surface area contributed by atoms with Crippen LogP contribution in [-0.2, 0) is 11.3 Å². The first-order chi connectivity index (χ1) is 11.5. The molecule has 0 heterocycles. The summed E-state index contributed by atoms with van der Waals surface area (Å²) in [7, 11) is 1.34. The van der Waals surface area contributed by atoms with E-state index in [1.54, 1.807) is 24.3 Å². The second-order valence-corrected chi connectivity index (χ2v) is 6.20. The number of esters is 1. The van der Waals surface area contributed by atoms with E-state index < -0.39 is 0 Å². The van der Waals surface area contributed by atoms with Crippen molar-refractivity contribution in [3.63, 3.8) is 0 Å². The molecule has 0 saturated carbocycles. The summed E-state index contributed by atoms with van der Waals surface area (Å²) in [5.41, 5.74) is 2.40. The number of halogens is 1. The average Bonchev–Trinajstić information content (AvgIpc) is 2.60. The number of nitrogens with one attached hydrogen (secondary N) is 2. The van der Waals surface area contributed by atoms with Gasteiger partial charge in [0.05, 0.1) is 18.7 Å². The molecule has 126 valence electrons. The Bertz CT molecular complexity index is 699. The molecular weight excluding hydrogens is 372 g/mol. The van der Waals surface area contributed by atoms with Crippen LogP contribution in [0.5, 0.6) is 0 Å². The van der Waals surface area contributed by atoms with Gasteiger partial charge in [0.25, 0.3) is 0 Å². The van der Waals surface area contributed by atoms with Crippen LogP contribution in [0.1, 0.15) is 34.5 Å². The standard InChI is InChI=1S/C18H19BrN2O3/c1-12(14-7-9-16(19)10-8-14)21-18(23)20-11-13-3-5-15(6-4-13)17(22)24-2/h3-10,12H,11H2,1-2H3,(H2,20,21,23). The van der Waals surface area contributed by atoms with Crippen molar-refractivity contribution in [1.29, 1.82) is 0 Å². The zero-order valence-corrected chi connectivity index (χ0v) is 15.1. The SMILES string of the molecule is COC(=O)c1ccc(CNC(=O)NC(C)c2ccc(Br)cc2)cc1. The van der Waals surface area contributed by atoms with Crippen molar-refractivity contribution in [1.82, 2.24) is 10.6 Å². The minimum absolute atomic E-state index is 0.0974. The molecule has 0 saturated heterocycles. The Balaban J connectivity index is 1.84. The van der Waals surface area contributed by atoms with Gasteiger partial charge in [-0.2, -0.15) is 0 Å². The summed E-state index contributed by atoms with van der Waals surface area (Å²) in [5.74, 6) is -0.379. The summed E-state index contributed by atoms with van der Waals surface area (Å²) in [5, 5.41) is 5.68. The third-order valence-corrected chi connectivity index (χ3v) is 4.07. The van der Waals surface area contributed by atoms with Crippen molar-refractivity contribution < 1.29 is 14.3 Å². The second-order valence-electron chi connectivity index (χ2n) is 5.29. The molecule has 0 fully saturated rings. The minimum Gasteiger partial charge on any atom is -0.465 e. The number of hydrogen-bond acceptors (Lipinski definition) is 3. The lowest BCUT2D eigenvalue weighted by Crippen LogP contribution is -2.36. The monoisotopic (exact) mass is 390 g/mol. The van der Waals surface area contributed by atoms with Crippen LogP contribution in [-0.4, -0.2) is 19.1 Å². The molecule has 2 N–H and O–H groups in total. The lowest BCUT2D eigenvalue weighted by Gasteiger charge is -2.15. The molecule has 6 heteroatoms. The smallest absolute Gasteiger partial charge is 0.337 e. The molecule has 0 radical (unpaired) electrons. The van der Waals surface area contributed by atoms with Crippen LogP contribution in [0.15, 0.2) is 53.0 Å². The maximum absolute atomic E-state index is 12.0. The van der Waals surface area contributed by atoms with E-state index in [4.69, 9.17) is 0 Å². The van der Waals surface area contributed by atoms with Gasteiger partial charge < -0.3 is 15.4 Å². The summed E-state index contributed by atoms with van der Waals surface area (Å²) in [6.07, 6.45) is 0. The van der Waals surface area contributed by atoms with Crippen molar-refractivity contribution >= 4 is 27.9 Å². The first-order valence-electron chi connectivity index (χ1n) is 7.46. The van der Waals surface area contributed by atoms with Gasteiger partial charge in [0.2, 0.25) is 0 Å². The van der Waals surface area contributed by atoms with Gasteiger partial charge in [-0.15, -0.1) is 0 Å². The fraction of sp³-hybridized carbons (Fsp3) is 0.222. The second kappa shape index (κ2) is 8.49. The Morgan fingerprint density at radius 3 is 2.29 bits per heavy atom. The molecule has 0 aliphatic heterocycles. The third kappa shape index (κ3) is 5.09. The van der Waals surface area contributed by atoms with Crippen LogP contribution in [0.3, 0.4) is 0 Å². The van der Waals surface area contributed by atoms with E-state index >= 15 is 0 Å². The Morgan fingerprint density at radius 1 is 1.08 bits per heavy atom. The highest BCUT2D eigenvalue weighted by atomic mass is 79.9. The van der Waals surface area contributed by atoms with Gasteiger partial charge in [-0.3, -0.25) is 0 Å². The molecule has 0 bridgehead atoms. The van der Waals surface area contributed by atoms with Gasteiger partial charge >= 0.3 is 12.0 Å². The lowest BCUT2D eigenvalue weighted by molar-refractivity contribution is 0.0600. The van der Waals surface area contributed by atoms with Gasteiger partial charge in [0, 0.05) is 11.0 Å². The number of benzene rings is 2. The number of hydrogen-bond donors (Lipinski definition) is 2. The zero-order valence-electron chi connectivity index (χ0n) is 13.5. The van der Waals surface area contributed by atoms with E-state index in [0.29, 0.717) is 12.1 Å². The highest BCUT2D eigenvalue weighted by Gasteiger charge is 2.09. The maximum Gasteiger partial charge on any atom is 0.337 e. The van der Waals surface area contributed by atoms with E-state index in [1.807, 2.05) is 31.2 Å². The fourth-order valence-corrected chi connectivity index (χ4v) is 2.41. The summed E-state index contributed by atoms with van der Waals surface area (Å²) >= 11 is 3.39. The largest absolute Gasteiger partial charge is 0.465 e. The molecule has 0 aromatic heterocycles. The van der Waals surface area contributed by atoms with E-state index in [2.05, 4.69) is 31.3 Å². The predicted octanol–water partition coefficient (Wildman–Crippen LogP) is 3.80. The van der Waals surface area contributed by atoms with Crippen molar-refractivity contribution in [2.24, 2.45) is 0 Å². The molecule has 2 aromatic carbocycles. The van der Waals surface area contributed by atoms with Gasteiger partial charge in [-0.1, -0.05) is 40.2 Å². The molecule has 24 heavy (non-hydrogen) atoms. The third-order valence-electron chi connectivity index (χ3n) is 3.55. The van der Waals surface area contributed by atoms with Crippen molar-refractivity contribution in [2.45, 2.75) is 19.5 Å². The molecule has 2 aromatic rings. The van der Waals surface area contributed by atoms with Gasteiger partial charge in [0.1, 0.15) is 0 Å². The Labute approximate surface area is 149 Å². The summed E-state index contributed by atoms with van der Waals surface area (Å²) < 4.78 is 5.64. The first kappa shape index (κ1) is 18.0. The van der Waals surface area contributed by atoms with Gasteiger partial charge in [-0.25, -0.2) is 9.59 Å². The quantitative estimate of drug-likeness (QED) is 0.762. The fourth-order valence-electron chi connectivity index (χ4n) is 2.14. The van der Waals surface area contributed by atoms with Crippen molar-refractivity contribution in [3.8, 4) is 0 Å². The molecule has 5 nitrogen and oxygen atoms in total. The normalized spacial score (nSPS) is 11.5. The summed E-state index contributed by atoms with van der Waals surface area (Å²) in [6, 6.07) is 14.4. The Kier molecular flexibility index (Phi) is 6.37. The van der Waals surface area contributed by atoms with E-state index in [1.165, 1.54) is 7.11 Å². The first-order valence-corrected chi connectivity index (χ1v) is 8.26. The number of methoxy groups -OCH3 is 1. The van der Waals surface area contributed by atoms with Crippen LogP contribution in [0, 0.1) is 0 Å². The van der Waals surface area contributed by atoms with Crippen molar-refractivity contribution in [2.75, 3.05) is 7.11 Å². The minimum atomic E-state index is -0.379. The van der Waals surface area contributed by atoms with Crippen LogP contribution < -0.4 is 10.6 Å². The van der Waals surface area contributed by atoms with Crippen LogP contribution in [0.4, 0.5) is 4.79 Å². The number of amides is 2. The highest BCUT2D eigenvalue weighted by Crippen LogP contribution is 2.16. The zero-order chi connectivity index (χ0) is 17.5. The lowest BCUT2D eigenvalue weighted by atomic mass is 10.1. The number of carbonyl (C=O) groups is 2. The number of carbonyl (C=O) groups excluding carboxylic acids is 2. The molecule has 0 aliphatic carbocycles. The number of ether oxygens (including phenoxy) is 1. The van der Waals surface area contributed by atoms with Crippen LogP contribution >= 0.6 is 15.9 Å². The van der Waals surface area contributed by atoms with Crippen LogP contribution in [0.2, 0.25) is 0 Å². The van der Waals surface area contributed by atoms with E-state index in [9.17, 15) is 9.59 Å². The molecule has 1 atom stereocenters. The number of urea groups is 1. The Hall–Kier alpha value is -2.34. The molecule has 2 rings (SSSR count). The van der Waals surface area contributed by atoms with Gasteiger partial charge in [-0.05, 0) is 42.3 Å². The molecule has 1 unspecified atom stereocenters. The maximum atomic E-state index is 12.0. The van der Waals surface area contributed by atoms with E-state index in [-0.39, 0.29) is 18.0 Å². The van der Waals surface area contributed by atoms with Crippen molar-refractivity contribution in [3.05, 3.63) is 69.7 Å². The predicted molar refractivity (Wildman–Crippen MR) is 95.7 cm³/mol. The topological polar surface area (TPSA) is 67.4 Å². The Morgan fingerprint density at radius 2 is 1.71 bits per heavy atom. The van der Waals surface area contributed by atoms with Gasteiger partial charge in [0.15, 0.2) is 0 Å². The molecule has 2 amide bonds. The summed E-state index contributed by atoms with van der Waals surface area (Å²) in [4.78, 5) is 23.3. The summed E-state index contributed by atoms with van der Waals surface area (Å²) in [6.45, 7) is 2.30. The highest BCUT2D eigenvalue weighted by molar-refractivity contribution is 9.10. The molecule has 0 spiro atoms. The van der Waals surface area contributed by atoms with E-state index in [0.717, 1.165) is 15.6 Å². The molecular formula is C18H19BrN2O3.